The number of aromatic nitrogens is 2. The van der Waals surface area contributed by atoms with E-state index >= 15 is 0 Å². The van der Waals surface area contributed by atoms with Gasteiger partial charge in [0.2, 0.25) is 5.82 Å². The number of hydrogen-bond acceptors (Lipinski definition) is 6. The summed E-state index contributed by atoms with van der Waals surface area (Å²) in [6.07, 6.45) is 2.25. The van der Waals surface area contributed by atoms with Gasteiger partial charge in [0.1, 0.15) is 5.69 Å². The van der Waals surface area contributed by atoms with Crippen LogP contribution in [0.5, 0.6) is 0 Å². The van der Waals surface area contributed by atoms with E-state index in [0.717, 1.165) is 12.8 Å². The van der Waals surface area contributed by atoms with Gasteiger partial charge < -0.3 is 14.7 Å². The molecule has 0 saturated carbocycles. The number of aliphatic hydroxyl groups is 1. The molecular formula is C13H22N4O4. The van der Waals surface area contributed by atoms with Crippen LogP contribution < -0.4 is 4.90 Å². The van der Waals surface area contributed by atoms with Crippen LogP contribution in [0.3, 0.4) is 0 Å². The Labute approximate surface area is 123 Å². The zero-order valence-corrected chi connectivity index (χ0v) is 12.5. The average Bonchev–Trinajstić information content (AvgIpc) is 2.82. The van der Waals surface area contributed by atoms with E-state index in [1.807, 2.05) is 11.8 Å². The molecule has 1 aliphatic rings. The molecule has 0 aromatic carbocycles. The number of nitrogens with zero attached hydrogens (tertiary/aromatic N) is 4. The Balaban J connectivity index is 2.13. The molecule has 1 N–H and O–H groups in total. The predicted molar refractivity (Wildman–Crippen MR) is 77.5 cm³/mol. The quantitative estimate of drug-likeness (QED) is 0.618. The van der Waals surface area contributed by atoms with Crippen LogP contribution in [-0.2, 0) is 18.2 Å². The second-order valence-corrected chi connectivity index (χ2v) is 5.13. The fourth-order valence-electron chi connectivity index (χ4n) is 2.79. The molecule has 2 heterocycles. The van der Waals surface area contributed by atoms with Crippen LogP contribution in [-0.4, -0.2) is 52.2 Å². The first kappa shape index (κ1) is 15.7. The van der Waals surface area contributed by atoms with E-state index in [1.54, 1.807) is 11.7 Å². The van der Waals surface area contributed by atoms with E-state index in [0.29, 0.717) is 37.6 Å². The maximum Gasteiger partial charge on any atom is 0.334 e. The summed E-state index contributed by atoms with van der Waals surface area (Å²) >= 11 is 0. The number of rotatable bonds is 6. The third-order valence-electron chi connectivity index (χ3n) is 3.77. The van der Waals surface area contributed by atoms with Crippen molar-refractivity contribution >= 4 is 11.5 Å². The smallest absolute Gasteiger partial charge is 0.334 e. The van der Waals surface area contributed by atoms with Crippen molar-refractivity contribution in [2.75, 3.05) is 31.2 Å². The van der Waals surface area contributed by atoms with Crippen LogP contribution in [0.2, 0.25) is 0 Å². The highest BCUT2D eigenvalue weighted by Gasteiger charge is 2.31. The third-order valence-corrected chi connectivity index (χ3v) is 3.77. The molecule has 8 heteroatoms. The fourth-order valence-corrected chi connectivity index (χ4v) is 2.79. The minimum atomic E-state index is -0.338. The SMILES string of the molecule is CCc1nn(C)c(N2CCC(OCCO)CC2)c1[N+](=O)[O-]. The van der Waals surface area contributed by atoms with Crippen LogP contribution in [0, 0.1) is 10.1 Å². The summed E-state index contributed by atoms with van der Waals surface area (Å²) in [7, 11) is 1.75. The first-order valence-corrected chi connectivity index (χ1v) is 7.26. The summed E-state index contributed by atoms with van der Waals surface area (Å²) in [6, 6.07) is 0. The number of hydrogen-bond donors (Lipinski definition) is 1. The molecule has 0 spiro atoms. The number of piperidine rings is 1. The molecule has 0 radical (unpaired) electrons. The van der Waals surface area contributed by atoms with Gasteiger partial charge >= 0.3 is 5.69 Å². The van der Waals surface area contributed by atoms with Gasteiger partial charge in [0.15, 0.2) is 0 Å². The van der Waals surface area contributed by atoms with Gasteiger partial charge in [0.05, 0.1) is 24.2 Å². The van der Waals surface area contributed by atoms with Gasteiger partial charge in [-0.1, -0.05) is 6.92 Å². The molecule has 1 aromatic rings. The number of aliphatic hydroxyl groups excluding tert-OH is 1. The summed E-state index contributed by atoms with van der Waals surface area (Å²) in [5.41, 5.74) is 0.644. The lowest BCUT2D eigenvalue weighted by Crippen LogP contribution is -2.38. The van der Waals surface area contributed by atoms with Crippen molar-refractivity contribution in [3.8, 4) is 0 Å². The van der Waals surface area contributed by atoms with Crippen molar-refractivity contribution in [3.05, 3.63) is 15.8 Å². The van der Waals surface area contributed by atoms with E-state index in [9.17, 15) is 10.1 Å². The van der Waals surface area contributed by atoms with E-state index in [2.05, 4.69) is 5.10 Å². The van der Waals surface area contributed by atoms with Crippen LogP contribution in [0.4, 0.5) is 11.5 Å². The summed E-state index contributed by atoms with van der Waals surface area (Å²) in [4.78, 5) is 13.0. The molecule has 1 saturated heterocycles. The van der Waals surface area contributed by atoms with Gasteiger partial charge in [-0.3, -0.25) is 10.1 Å². The van der Waals surface area contributed by atoms with Crippen molar-refractivity contribution in [2.24, 2.45) is 7.05 Å². The Kier molecular flexibility index (Phi) is 5.13. The van der Waals surface area contributed by atoms with Crippen molar-refractivity contribution in [1.82, 2.24) is 9.78 Å². The Hall–Kier alpha value is -1.67. The summed E-state index contributed by atoms with van der Waals surface area (Å²) in [6.45, 7) is 3.62. The van der Waals surface area contributed by atoms with Crippen molar-refractivity contribution in [3.63, 3.8) is 0 Å². The third kappa shape index (κ3) is 3.33. The zero-order chi connectivity index (χ0) is 15.4. The predicted octanol–water partition coefficient (Wildman–Crippen LogP) is 0.868. The maximum atomic E-state index is 11.3. The normalized spacial score (nSPS) is 16.4. The van der Waals surface area contributed by atoms with E-state index in [1.165, 1.54) is 0 Å². The van der Waals surface area contributed by atoms with Crippen LogP contribution >= 0.6 is 0 Å². The van der Waals surface area contributed by atoms with Crippen LogP contribution in [0.25, 0.3) is 0 Å². The molecule has 1 aliphatic heterocycles. The molecule has 0 atom stereocenters. The Morgan fingerprint density at radius 3 is 2.67 bits per heavy atom. The van der Waals surface area contributed by atoms with Crippen molar-refractivity contribution < 1.29 is 14.8 Å². The maximum absolute atomic E-state index is 11.3. The molecule has 8 nitrogen and oxygen atoms in total. The molecule has 118 valence electrons. The minimum Gasteiger partial charge on any atom is -0.394 e. The van der Waals surface area contributed by atoms with Crippen LogP contribution in [0.1, 0.15) is 25.5 Å². The topological polar surface area (TPSA) is 93.7 Å². The van der Waals surface area contributed by atoms with E-state index in [4.69, 9.17) is 9.84 Å². The number of ether oxygens (including phenoxy) is 1. The van der Waals surface area contributed by atoms with E-state index in [-0.39, 0.29) is 23.3 Å². The summed E-state index contributed by atoms with van der Waals surface area (Å²) in [5, 5.41) is 24.4. The highest BCUT2D eigenvalue weighted by atomic mass is 16.6. The molecule has 0 aliphatic carbocycles. The largest absolute Gasteiger partial charge is 0.394 e. The molecule has 0 amide bonds. The van der Waals surface area contributed by atoms with Crippen LogP contribution in [0.15, 0.2) is 0 Å². The fraction of sp³-hybridized carbons (Fsp3) is 0.769. The lowest BCUT2D eigenvalue weighted by Gasteiger charge is -2.32. The lowest BCUT2D eigenvalue weighted by molar-refractivity contribution is -0.384. The number of aryl methyl sites for hydroxylation is 2. The van der Waals surface area contributed by atoms with Gasteiger partial charge in [0, 0.05) is 20.1 Å². The summed E-state index contributed by atoms with van der Waals surface area (Å²) in [5.74, 6) is 0.581. The van der Waals surface area contributed by atoms with Gasteiger partial charge in [-0.05, 0) is 19.3 Å². The van der Waals surface area contributed by atoms with Gasteiger partial charge in [0.25, 0.3) is 0 Å². The monoisotopic (exact) mass is 298 g/mol. The molecule has 21 heavy (non-hydrogen) atoms. The molecule has 0 bridgehead atoms. The highest BCUT2D eigenvalue weighted by Crippen LogP contribution is 2.33. The highest BCUT2D eigenvalue weighted by molar-refractivity contribution is 5.61. The molecule has 2 rings (SSSR count). The minimum absolute atomic E-state index is 0.0211. The Morgan fingerprint density at radius 2 is 2.14 bits per heavy atom. The Morgan fingerprint density at radius 1 is 1.48 bits per heavy atom. The van der Waals surface area contributed by atoms with E-state index < -0.39 is 0 Å². The van der Waals surface area contributed by atoms with Gasteiger partial charge in [-0.15, -0.1) is 0 Å². The summed E-state index contributed by atoms with van der Waals surface area (Å²) < 4.78 is 7.12. The Bertz CT molecular complexity index is 495. The lowest BCUT2D eigenvalue weighted by atomic mass is 10.1. The number of anilines is 1. The molecular weight excluding hydrogens is 276 g/mol. The second kappa shape index (κ2) is 6.86. The zero-order valence-electron chi connectivity index (χ0n) is 12.5. The second-order valence-electron chi connectivity index (χ2n) is 5.13. The van der Waals surface area contributed by atoms with Gasteiger partial charge in [-0.25, -0.2) is 4.68 Å². The number of nitro groups is 1. The standard InChI is InChI=1S/C13H22N4O4/c1-3-11-12(17(19)20)13(15(2)14-11)16-6-4-10(5-7-16)21-9-8-18/h10,18H,3-9H2,1-2H3. The first-order chi connectivity index (χ1) is 10.1. The average molecular weight is 298 g/mol. The first-order valence-electron chi connectivity index (χ1n) is 7.26. The molecule has 0 unspecified atom stereocenters. The molecule has 1 fully saturated rings. The van der Waals surface area contributed by atoms with Gasteiger partial charge in [-0.2, -0.15) is 5.10 Å². The van der Waals surface area contributed by atoms with Crippen molar-refractivity contribution in [1.29, 1.82) is 0 Å². The van der Waals surface area contributed by atoms with Crippen molar-refractivity contribution in [2.45, 2.75) is 32.3 Å². The molecule has 1 aromatic heterocycles.